The molecule has 19 atom stereocenters. The van der Waals surface area contributed by atoms with Crippen molar-refractivity contribution < 1.29 is 53.1 Å². The molecular weight excluding hydrogens is 1020 g/mol. The molecule has 9 amide bonds. The maximum Gasteiger partial charge on any atom is 0.326 e. The number of carboxylic acid groups (broad SMARTS) is 1. The van der Waals surface area contributed by atoms with E-state index in [-0.39, 0.29) is 17.8 Å². The molecule has 0 aliphatic rings. The largest absolute Gasteiger partial charge is 0.480 e. The smallest absolute Gasteiger partial charge is 0.326 e. The second kappa shape index (κ2) is 36.9. The first-order valence-corrected chi connectivity index (χ1v) is 30.1. The van der Waals surface area contributed by atoms with Crippen LogP contribution in [0.5, 0.6) is 0 Å². The van der Waals surface area contributed by atoms with Crippen molar-refractivity contribution in [3.05, 3.63) is 0 Å². The van der Waals surface area contributed by atoms with Crippen molar-refractivity contribution in [1.82, 2.24) is 47.9 Å². The summed E-state index contributed by atoms with van der Waals surface area (Å²) in [5.74, 6) is -10.9. The van der Waals surface area contributed by atoms with Crippen LogP contribution in [0.3, 0.4) is 0 Å². The average molecular weight is 1140 g/mol. The molecule has 0 saturated heterocycles. The van der Waals surface area contributed by atoms with Crippen LogP contribution in [0.15, 0.2) is 0 Å². The highest BCUT2D eigenvalue weighted by Gasteiger charge is 2.41. The van der Waals surface area contributed by atoms with Gasteiger partial charge in [-0.05, 0) is 59.2 Å². The first kappa shape index (κ1) is 74.7. The second-order valence-corrected chi connectivity index (χ2v) is 23.5. The van der Waals surface area contributed by atoms with Crippen LogP contribution in [0.25, 0.3) is 0 Å². The Morgan fingerprint density at radius 1 is 0.263 bits per heavy atom. The van der Waals surface area contributed by atoms with E-state index in [1.54, 1.807) is 69.2 Å². The number of aliphatic carboxylic acids is 1. The van der Waals surface area contributed by atoms with E-state index in [9.17, 15) is 53.1 Å². The highest BCUT2D eigenvalue weighted by atomic mass is 16.4. The minimum atomic E-state index is -1.20. The lowest BCUT2D eigenvalue weighted by Crippen LogP contribution is -2.64. The topological polar surface area (TPSA) is 325 Å². The van der Waals surface area contributed by atoms with Crippen LogP contribution >= 0.6 is 0 Å². The lowest BCUT2D eigenvalue weighted by molar-refractivity contribution is -0.144. The molecule has 80 heavy (non-hydrogen) atoms. The number of nitrogens with one attached hydrogen (secondary N) is 9. The molecule has 0 unspecified atom stereocenters. The fourth-order valence-electron chi connectivity index (χ4n) is 8.80. The molecule has 0 aromatic heterocycles. The van der Waals surface area contributed by atoms with Gasteiger partial charge in [-0.15, -0.1) is 0 Å². The van der Waals surface area contributed by atoms with Crippen molar-refractivity contribution in [2.24, 2.45) is 64.9 Å². The van der Waals surface area contributed by atoms with Gasteiger partial charge in [0.05, 0.1) is 6.04 Å². The number of hydrogen-bond acceptors (Lipinski definition) is 11. The molecule has 462 valence electrons. The van der Waals surface area contributed by atoms with Crippen LogP contribution in [-0.4, -0.2) is 125 Å². The summed E-state index contributed by atoms with van der Waals surface area (Å²) in [4.78, 5) is 140. The SMILES string of the molecule is CC[C@H](C)[C@H](NC(=O)[C@@H](NC(=O)[C@@H](NC(=O)[C@@H](NC(=O)[C@@H](NC(=O)[C@@H](NC(=O)[C@@H](NC(=O)[C@@H](NC(=O)[C@@H](NC(=O)[C@@H](N)C(C)C)[C@@H](C)CC)[C@@H](C)CC)[C@@H](C)CC)[C@@H](C)CC)[C@@H](C)CC)[C@@H](C)CC)[C@@H](C)CC)[C@@H](C)CC)C(=O)O. The lowest BCUT2D eigenvalue weighted by Gasteiger charge is -2.34. The van der Waals surface area contributed by atoms with Gasteiger partial charge in [-0.2, -0.15) is 0 Å². The van der Waals surface area contributed by atoms with Gasteiger partial charge >= 0.3 is 5.97 Å². The summed E-state index contributed by atoms with van der Waals surface area (Å²) >= 11 is 0. The fraction of sp³-hybridized carbons (Fsp3) is 0.831. The number of carbonyl (C=O) groups excluding carboxylic acids is 9. The third-order valence-electron chi connectivity index (χ3n) is 17.1. The molecule has 0 aliphatic carbocycles. The van der Waals surface area contributed by atoms with Crippen molar-refractivity contribution >= 4 is 59.1 Å². The van der Waals surface area contributed by atoms with Crippen LogP contribution in [-0.2, 0) is 47.9 Å². The Balaban J connectivity index is 6.94. The monoisotopic (exact) mass is 1130 g/mol. The van der Waals surface area contributed by atoms with E-state index in [1.165, 1.54) is 0 Å². The molecule has 21 nitrogen and oxygen atoms in total. The van der Waals surface area contributed by atoms with E-state index in [2.05, 4.69) is 47.9 Å². The van der Waals surface area contributed by atoms with Gasteiger partial charge < -0.3 is 58.7 Å². The third-order valence-corrected chi connectivity index (χ3v) is 17.1. The Bertz CT molecular complexity index is 2010. The van der Waals surface area contributed by atoms with Gasteiger partial charge in [0.2, 0.25) is 53.2 Å². The van der Waals surface area contributed by atoms with Crippen molar-refractivity contribution in [2.75, 3.05) is 0 Å². The van der Waals surface area contributed by atoms with E-state index in [0.29, 0.717) is 57.8 Å². The highest BCUT2D eigenvalue weighted by molar-refractivity contribution is 5.99. The van der Waals surface area contributed by atoms with Crippen molar-refractivity contribution in [2.45, 2.75) is 257 Å². The first-order chi connectivity index (χ1) is 37.3. The molecule has 21 heteroatoms. The lowest BCUT2D eigenvalue weighted by atomic mass is 9.91. The Kier molecular flexibility index (Phi) is 34.4. The predicted molar refractivity (Wildman–Crippen MR) is 313 cm³/mol. The first-order valence-electron chi connectivity index (χ1n) is 30.1. The van der Waals surface area contributed by atoms with Crippen molar-refractivity contribution in [3.63, 3.8) is 0 Å². The molecule has 0 heterocycles. The average Bonchev–Trinajstić information content (AvgIpc) is 3.44. The fourth-order valence-corrected chi connectivity index (χ4v) is 8.80. The molecule has 0 radical (unpaired) electrons. The van der Waals surface area contributed by atoms with Crippen LogP contribution in [0.2, 0.25) is 0 Å². The number of carboxylic acids is 1. The molecule has 0 fully saturated rings. The zero-order chi connectivity index (χ0) is 62.0. The second-order valence-electron chi connectivity index (χ2n) is 23.5. The summed E-state index contributed by atoms with van der Waals surface area (Å²) in [5.41, 5.74) is 6.12. The molecule has 0 aromatic carbocycles. The van der Waals surface area contributed by atoms with Crippen LogP contribution in [0.1, 0.15) is 196 Å². The summed E-state index contributed by atoms with van der Waals surface area (Å²) < 4.78 is 0. The molecule has 0 saturated carbocycles. The summed E-state index contributed by atoms with van der Waals surface area (Å²) in [5, 5.41) is 35.3. The number of carbonyl (C=O) groups is 10. The third kappa shape index (κ3) is 22.5. The maximum atomic E-state index is 14.6. The highest BCUT2D eigenvalue weighted by Crippen LogP contribution is 2.20. The van der Waals surface area contributed by atoms with Crippen molar-refractivity contribution in [3.8, 4) is 0 Å². The van der Waals surface area contributed by atoms with Gasteiger partial charge in [0.15, 0.2) is 0 Å². The maximum absolute atomic E-state index is 14.6. The van der Waals surface area contributed by atoms with E-state index in [0.717, 1.165) is 0 Å². The standard InChI is InChI=1S/C59H110N10O11/c1-21-31(12)41(61-50(70)40(60)30(10)11)51(71)62-42(32(13)22-2)52(72)63-43(33(14)23-3)53(73)64-44(34(15)24-4)54(74)65-45(35(16)25-5)55(75)66-46(36(17)26-6)56(76)67-47(37(18)27-7)57(77)68-48(38(19)28-8)58(78)69-49(59(79)80)39(20)29-9/h30-49H,21-29,60H2,1-20H3,(H,61,70)(H,62,71)(H,63,72)(H,64,73)(H,65,74)(H,66,75)(H,67,76)(H,68,77)(H,69,78)(H,79,80)/t31-,32-,33-,34-,35-,36-,37-,38-,39-,40-,41-,42-,43-,44-,45-,46-,47-,48-,49-/m0/s1. The van der Waals surface area contributed by atoms with E-state index >= 15 is 0 Å². The van der Waals surface area contributed by atoms with Crippen LogP contribution in [0, 0.1) is 59.2 Å². The number of rotatable bonds is 38. The molecule has 0 bridgehead atoms. The van der Waals surface area contributed by atoms with Gasteiger partial charge in [-0.1, -0.05) is 196 Å². The minimum Gasteiger partial charge on any atom is -0.480 e. The zero-order valence-electron chi connectivity index (χ0n) is 52.5. The summed E-state index contributed by atoms with van der Waals surface area (Å²) in [6.45, 7) is 36.2. The summed E-state index contributed by atoms with van der Waals surface area (Å²) in [6.07, 6.45) is 4.17. The minimum absolute atomic E-state index is 0.187. The summed E-state index contributed by atoms with van der Waals surface area (Å²) in [6, 6.07) is -11.2. The number of hydrogen-bond donors (Lipinski definition) is 11. The van der Waals surface area contributed by atoms with Gasteiger partial charge in [-0.3, -0.25) is 43.2 Å². The van der Waals surface area contributed by atoms with Gasteiger partial charge in [0.1, 0.15) is 54.4 Å². The Labute approximate surface area is 480 Å². The quantitative estimate of drug-likeness (QED) is 0.0396. The normalized spacial score (nSPS) is 18.7. The summed E-state index contributed by atoms with van der Waals surface area (Å²) in [7, 11) is 0. The molecule has 12 N–H and O–H groups in total. The predicted octanol–water partition coefficient (Wildman–Crippen LogP) is 4.83. The Morgan fingerprint density at radius 3 is 0.512 bits per heavy atom. The zero-order valence-corrected chi connectivity index (χ0v) is 52.5. The number of nitrogens with two attached hydrogens (primary N) is 1. The Morgan fingerprint density at radius 2 is 0.388 bits per heavy atom. The molecule has 0 aromatic rings. The number of amides is 9. The van der Waals surface area contributed by atoms with E-state index in [4.69, 9.17) is 5.73 Å². The Hall–Kier alpha value is -5.34. The van der Waals surface area contributed by atoms with Gasteiger partial charge in [0, 0.05) is 0 Å². The van der Waals surface area contributed by atoms with Gasteiger partial charge in [0.25, 0.3) is 0 Å². The van der Waals surface area contributed by atoms with Gasteiger partial charge in [-0.25, -0.2) is 4.79 Å². The van der Waals surface area contributed by atoms with E-state index < -0.39 is 161 Å². The molecule has 0 aliphatic heterocycles. The molecule has 0 spiro atoms. The van der Waals surface area contributed by atoms with Crippen molar-refractivity contribution in [1.29, 1.82) is 0 Å². The van der Waals surface area contributed by atoms with Crippen LogP contribution < -0.4 is 53.6 Å². The molecular formula is C59H110N10O11. The van der Waals surface area contributed by atoms with Crippen LogP contribution in [0.4, 0.5) is 0 Å². The molecule has 0 rings (SSSR count). The van der Waals surface area contributed by atoms with E-state index in [1.807, 2.05) is 69.2 Å².